The fraction of sp³-hybridized carbons (Fsp3) is 0.300. The van der Waals surface area contributed by atoms with Crippen LogP contribution in [0.15, 0.2) is 30.3 Å². The fourth-order valence-electron chi connectivity index (χ4n) is 2.80. The van der Waals surface area contributed by atoms with Crippen molar-refractivity contribution in [3.05, 3.63) is 63.2 Å². The molecule has 0 saturated carbocycles. The summed E-state index contributed by atoms with van der Waals surface area (Å²) in [6.07, 6.45) is -4.67. The maximum absolute atomic E-state index is 12.9. The lowest BCUT2D eigenvalue weighted by Gasteiger charge is -2.18. The molecule has 2 rings (SSSR count). The number of benzene rings is 2. The lowest BCUT2D eigenvalue weighted by atomic mass is 9.96. The molecule has 0 fully saturated rings. The highest BCUT2D eigenvalue weighted by atomic mass is 35.5. The van der Waals surface area contributed by atoms with Crippen LogP contribution in [0, 0.1) is 20.8 Å². The summed E-state index contributed by atoms with van der Waals surface area (Å²) in [5, 5.41) is 4.23. The Morgan fingerprint density at radius 1 is 0.964 bits per heavy atom. The van der Waals surface area contributed by atoms with Crippen LogP contribution in [0.4, 0.5) is 18.9 Å². The third-order valence-electron chi connectivity index (χ3n) is 4.43. The van der Waals surface area contributed by atoms with E-state index in [1.54, 1.807) is 6.92 Å². The lowest BCUT2D eigenvalue weighted by molar-refractivity contribution is -0.137. The molecule has 28 heavy (non-hydrogen) atoms. The monoisotopic (exact) mass is 412 g/mol. The van der Waals surface area contributed by atoms with Crippen molar-refractivity contribution in [3.63, 3.8) is 0 Å². The maximum atomic E-state index is 12.9. The number of alkyl halides is 3. The molecule has 0 heterocycles. The van der Waals surface area contributed by atoms with E-state index in [1.165, 1.54) is 6.07 Å². The van der Waals surface area contributed by atoms with Crippen LogP contribution >= 0.6 is 11.6 Å². The molecule has 2 aromatic rings. The highest BCUT2D eigenvalue weighted by molar-refractivity contribution is 6.39. The highest BCUT2D eigenvalue weighted by Gasteiger charge is 2.33. The number of carbonyl (C=O) groups excluding carboxylic acids is 2. The first-order chi connectivity index (χ1) is 12.9. The molecule has 0 unspecified atom stereocenters. The van der Waals surface area contributed by atoms with E-state index in [2.05, 4.69) is 10.6 Å². The van der Waals surface area contributed by atoms with Crippen LogP contribution in [-0.4, -0.2) is 11.8 Å². The SMILES string of the molecule is Cc1cc(C)c([C@@H](C)NC(=O)C(=O)Nc2ccc(Cl)c(C(F)(F)F)c2)cc1C. The third-order valence-corrected chi connectivity index (χ3v) is 4.76. The van der Waals surface area contributed by atoms with Gasteiger partial charge >= 0.3 is 18.0 Å². The number of hydrogen-bond donors (Lipinski definition) is 2. The van der Waals surface area contributed by atoms with Gasteiger partial charge in [-0.2, -0.15) is 13.2 Å². The molecule has 0 saturated heterocycles. The van der Waals surface area contributed by atoms with Crippen molar-refractivity contribution in [2.24, 2.45) is 0 Å². The Morgan fingerprint density at radius 2 is 1.57 bits per heavy atom. The van der Waals surface area contributed by atoms with Gasteiger partial charge in [0.05, 0.1) is 16.6 Å². The van der Waals surface area contributed by atoms with E-state index in [0.29, 0.717) is 6.07 Å². The first-order valence-corrected chi connectivity index (χ1v) is 8.84. The van der Waals surface area contributed by atoms with Gasteiger partial charge in [0.15, 0.2) is 0 Å². The number of halogens is 4. The summed E-state index contributed by atoms with van der Waals surface area (Å²) in [7, 11) is 0. The van der Waals surface area contributed by atoms with Crippen LogP contribution in [0.2, 0.25) is 5.02 Å². The molecule has 0 radical (unpaired) electrons. The Morgan fingerprint density at radius 3 is 2.18 bits per heavy atom. The quantitative estimate of drug-likeness (QED) is 0.689. The van der Waals surface area contributed by atoms with Gasteiger partial charge in [0.1, 0.15) is 0 Å². The number of carbonyl (C=O) groups is 2. The van der Waals surface area contributed by atoms with Crippen molar-refractivity contribution >= 4 is 29.1 Å². The summed E-state index contributed by atoms with van der Waals surface area (Å²) in [5.41, 5.74) is 2.71. The fourth-order valence-corrected chi connectivity index (χ4v) is 3.02. The topological polar surface area (TPSA) is 58.2 Å². The van der Waals surface area contributed by atoms with Gasteiger partial charge in [-0.25, -0.2) is 0 Å². The van der Waals surface area contributed by atoms with Gasteiger partial charge in [-0.1, -0.05) is 23.7 Å². The van der Waals surface area contributed by atoms with E-state index >= 15 is 0 Å². The molecule has 0 aliphatic rings. The first kappa shape index (κ1) is 21.8. The lowest BCUT2D eigenvalue weighted by Crippen LogP contribution is -2.37. The Kier molecular flexibility index (Phi) is 6.39. The van der Waals surface area contributed by atoms with Crippen molar-refractivity contribution in [2.45, 2.75) is 39.9 Å². The van der Waals surface area contributed by atoms with Gasteiger partial charge in [0, 0.05) is 5.69 Å². The molecule has 4 nitrogen and oxygen atoms in total. The molecule has 8 heteroatoms. The summed E-state index contributed by atoms with van der Waals surface area (Å²) in [6.45, 7) is 7.55. The first-order valence-electron chi connectivity index (χ1n) is 8.46. The van der Waals surface area contributed by atoms with Gasteiger partial charge in [0.25, 0.3) is 0 Å². The van der Waals surface area contributed by atoms with Crippen LogP contribution in [-0.2, 0) is 15.8 Å². The second kappa shape index (κ2) is 8.22. The zero-order chi connectivity index (χ0) is 21.2. The van der Waals surface area contributed by atoms with Crippen molar-refractivity contribution in [3.8, 4) is 0 Å². The Bertz CT molecular complexity index is 926. The number of hydrogen-bond acceptors (Lipinski definition) is 2. The van der Waals surface area contributed by atoms with Crippen molar-refractivity contribution in [2.75, 3.05) is 5.32 Å². The van der Waals surface area contributed by atoms with Crippen LogP contribution < -0.4 is 10.6 Å². The molecule has 0 aliphatic heterocycles. The predicted molar refractivity (Wildman–Crippen MR) is 102 cm³/mol. The van der Waals surface area contributed by atoms with Crippen molar-refractivity contribution in [1.29, 1.82) is 0 Å². The highest BCUT2D eigenvalue weighted by Crippen LogP contribution is 2.36. The van der Waals surface area contributed by atoms with E-state index in [9.17, 15) is 22.8 Å². The molecule has 0 bridgehead atoms. The van der Waals surface area contributed by atoms with Crippen LogP contribution in [0.25, 0.3) is 0 Å². The van der Waals surface area contributed by atoms with Gasteiger partial charge in [-0.3, -0.25) is 9.59 Å². The van der Waals surface area contributed by atoms with Crippen molar-refractivity contribution in [1.82, 2.24) is 5.32 Å². The molecule has 2 aromatic carbocycles. The number of rotatable bonds is 3. The standard InChI is InChI=1S/C20H20ClF3N2O2/c1-10-7-12(3)15(8-11(10)2)13(4)25-18(27)19(28)26-14-5-6-17(21)16(9-14)20(22,23)24/h5-9,13H,1-4H3,(H,25,27)(H,26,28)/t13-/m1/s1. The second-order valence-electron chi connectivity index (χ2n) is 6.63. The van der Waals surface area contributed by atoms with Gasteiger partial charge in [0.2, 0.25) is 0 Å². The molecule has 150 valence electrons. The zero-order valence-corrected chi connectivity index (χ0v) is 16.5. The van der Waals surface area contributed by atoms with Gasteiger partial charge < -0.3 is 10.6 Å². The van der Waals surface area contributed by atoms with E-state index in [4.69, 9.17) is 11.6 Å². The predicted octanol–water partition coefficient (Wildman–Crippen LogP) is 5.10. The molecule has 2 amide bonds. The molecule has 2 N–H and O–H groups in total. The molecule has 0 spiro atoms. The summed E-state index contributed by atoms with van der Waals surface area (Å²) < 4.78 is 38.7. The molecule has 1 atom stereocenters. The minimum Gasteiger partial charge on any atom is -0.341 e. The number of anilines is 1. The third kappa shape index (κ3) is 5.04. The van der Waals surface area contributed by atoms with Gasteiger partial charge in [-0.05, 0) is 68.1 Å². The molecular formula is C20H20ClF3N2O2. The number of nitrogens with one attached hydrogen (secondary N) is 2. The van der Waals surface area contributed by atoms with E-state index in [-0.39, 0.29) is 5.69 Å². The summed E-state index contributed by atoms with van der Waals surface area (Å²) in [6, 6.07) is 6.36. The second-order valence-corrected chi connectivity index (χ2v) is 7.04. The Labute approximate surface area is 166 Å². The minimum absolute atomic E-state index is 0.174. The molecule has 0 aliphatic carbocycles. The number of amides is 2. The van der Waals surface area contributed by atoms with Crippen LogP contribution in [0.3, 0.4) is 0 Å². The molecule has 0 aromatic heterocycles. The van der Waals surface area contributed by atoms with Crippen LogP contribution in [0.1, 0.15) is 40.8 Å². The maximum Gasteiger partial charge on any atom is 0.417 e. The summed E-state index contributed by atoms with van der Waals surface area (Å²) in [5.74, 6) is -2.02. The van der Waals surface area contributed by atoms with E-state index in [1.807, 2.05) is 32.9 Å². The average molecular weight is 413 g/mol. The molecular weight excluding hydrogens is 393 g/mol. The summed E-state index contributed by atoms with van der Waals surface area (Å²) in [4.78, 5) is 24.3. The minimum atomic E-state index is -4.67. The zero-order valence-electron chi connectivity index (χ0n) is 15.8. The normalized spacial score (nSPS) is 12.4. The summed E-state index contributed by atoms with van der Waals surface area (Å²) >= 11 is 5.54. The van der Waals surface area contributed by atoms with Crippen LogP contribution in [0.5, 0.6) is 0 Å². The van der Waals surface area contributed by atoms with E-state index < -0.39 is 34.6 Å². The Hall–Kier alpha value is -2.54. The Balaban J connectivity index is 2.12. The number of aryl methyl sites for hydroxylation is 3. The van der Waals surface area contributed by atoms with Gasteiger partial charge in [-0.15, -0.1) is 0 Å². The average Bonchev–Trinajstić information content (AvgIpc) is 2.58. The smallest absolute Gasteiger partial charge is 0.341 e. The largest absolute Gasteiger partial charge is 0.417 e. The van der Waals surface area contributed by atoms with Crippen molar-refractivity contribution < 1.29 is 22.8 Å². The van der Waals surface area contributed by atoms with E-state index in [0.717, 1.165) is 28.3 Å².